The first-order valence-corrected chi connectivity index (χ1v) is 16.7. The Labute approximate surface area is 345 Å². The number of methoxy groups -OCH3 is 2. The summed E-state index contributed by atoms with van der Waals surface area (Å²) < 4.78 is 125. The molecule has 0 bridgehead atoms. The largest absolute Gasteiger partial charge is 1.00 e. The summed E-state index contributed by atoms with van der Waals surface area (Å²) in [6.45, 7) is -0.803. The first-order chi connectivity index (χ1) is 21.5. The molecule has 0 aliphatic carbocycles. The van der Waals surface area contributed by atoms with E-state index in [1.54, 1.807) is 0 Å². The molecule has 1 amide bonds. The molecule has 0 radical (unpaired) electrons. The molecule has 22 heteroatoms. The minimum atomic E-state index is -5.38. The Morgan fingerprint density at radius 3 is 1.55 bits per heavy atom. The van der Waals surface area contributed by atoms with Gasteiger partial charge in [-0.1, -0.05) is 18.2 Å². The molecule has 2 N–H and O–H groups in total. The van der Waals surface area contributed by atoms with E-state index in [-0.39, 0.29) is 144 Å². The fourth-order valence-corrected chi connectivity index (χ4v) is 7.12. The fourth-order valence-electron chi connectivity index (χ4n) is 4.95. The van der Waals surface area contributed by atoms with Crippen LogP contribution in [0.3, 0.4) is 0 Å². The maximum Gasteiger partial charge on any atom is 1.00 e. The monoisotopic (exact) mass is 760 g/mol. The number of amides is 1. The first-order valence-electron chi connectivity index (χ1n) is 12.5. The van der Waals surface area contributed by atoms with Gasteiger partial charge in [0.05, 0.1) is 35.1 Å². The number of phenols is 1. The molecule has 0 atom stereocenters. The molecule has 0 spiro atoms. The second kappa shape index (κ2) is 16.3. The van der Waals surface area contributed by atoms with Crippen molar-refractivity contribution >= 4 is 74.8 Å². The molecule has 0 aliphatic rings. The van der Waals surface area contributed by atoms with Gasteiger partial charge in [0.1, 0.15) is 36.1 Å². The average molecular weight is 761 g/mol. The zero-order chi connectivity index (χ0) is 33.8. The summed E-state index contributed by atoms with van der Waals surface area (Å²) in [7, 11) is -13.4. The Hall–Kier alpha value is -1.79. The Morgan fingerprint density at radius 2 is 1.12 bits per heavy atom. The van der Waals surface area contributed by atoms with E-state index in [0.29, 0.717) is 11.6 Å². The van der Waals surface area contributed by atoms with E-state index in [1.165, 1.54) is 38.6 Å². The minimum absolute atomic E-state index is 0. The molecule has 5 aromatic rings. The van der Waals surface area contributed by atoms with Gasteiger partial charge in [-0.25, -0.2) is 30.7 Å². The van der Waals surface area contributed by atoms with Gasteiger partial charge in [-0.3, -0.25) is 4.79 Å². The molecule has 16 nitrogen and oxygen atoms in total. The zero-order valence-corrected chi connectivity index (χ0v) is 34.8. The number of hydrogen-bond donors (Lipinski definition) is 2. The predicted molar refractivity (Wildman–Crippen MR) is 156 cm³/mol. The van der Waals surface area contributed by atoms with Crippen LogP contribution in [0, 0.1) is 0 Å². The van der Waals surface area contributed by atoms with Gasteiger partial charge in [-0.15, -0.1) is 0 Å². The van der Waals surface area contributed by atoms with E-state index in [2.05, 4.69) is 10.5 Å². The zero-order valence-electron chi connectivity index (χ0n) is 26.3. The molecule has 0 saturated carbocycles. The molecule has 5 rings (SSSR count). The quantitative estimate of drug-likeness (QED) is 0.0441. The molecule has 49 heavy (non-hydrogen) atoms. The number of carbonyl (C=O) groups is 1. The van der Waals surface area contributed by atoms with Crippen LogP contribution in [0.4, 0.5) is 0 Å². The summed E-state index contributed by atoms with van der Waals surface area (Å²) >= 11 is 0. The molecule has 5 aromatic carbocycles. The SMILES string of the molecule is COc1cc(/C=N\NC(=O)COc2cc(S(=O)(=O)[O-])c3ccc4c(S(=O)(=O)[O-])cc(S(=O)(=O)[O-])c5ccc2c3c54)cc(OC)c1O.[Na+].[Na+].[Na+]. The van der Waals surface area contributed by atoms with Gasteiger partial charge in [-0.2, -0.15) is 5.10 Å². The molecular formula is C27H19N2Na3O14S3. The molecule has 0 aromatic heterocycles. The Balaban J connectivity index is 0.00000278. The number of aromatic hydroxyl groups is 1. The van der Waals surface area contributed by atoms with Crippen molar-refractivity contribution in [3.8, 4) is 23.0 Å². The van der Waals surface area contributed by atoms with Gasteiger partial charge in [0.15, 0.2) is 18.1 Å². The number of carbonyl (C=O) groups excluding carboxylic acids is 1. The fraction of sp³-hybridized carbons (Fsp3) is 0.111. The maximum absolute atomic E-state index is 12.5. The third kappa shape index (κ3) is 8.82. The van der Waals surface area contributed by atoms with Crippen LogP contribution in [-0.2, 0) is 35.1 Å². The summed E-state index contributed by atoms with van der Waals surface area (Å²) in [5.41, 5.74) is 2.51. The summed E-state index contributed by atoms with van der Waals surface area (Å²) in [5, 5.41) is 12.2. The summed E-state index contributed by atoms with van der Waals surface area (Å²) in [6.07, 6.45) is 1.18. The summed E-state index contributed by atoms with van der Waals surface area (Å²) in [5.74, 6) is -1.37. The topological polar surface area (TPSA) is 261 Å². The third-order valence-electron chi connectivity index (χ3n) is 6.82. The molecule has 0 fully saturated rings. The Bertz CT molecular complexity index is 2360. The van der Waals surface area contributed by atoms with E-state index in [1.807, 2.05) is 0 Å². The van der Waals surface area contributed by atoms with E-state index in [0.717, 1.165) is 24.3 Å². The molecule has 0 aliphatic heterocycles. The number of benzene rings is 5. The Kier molecular flexibility index (Phi) is 14.4. The van der Waals surface area contributed by atoms with Crippen LogP contribution in [-0.4, -0.2) is 77.0 Å². The van der Waals surface area contributed by atoms with Crippen molar-refractivity contribution in [2.45, 2.75) is 14.7 Å². The van der Waals surface area contributed by atoms with E-state index >= 15 is 0 Å². The number of ether oxygens (including phenoxy) is 3. The van der Waals surface area contributed by atoms with Crippen LogP contribution in [0.25, 0.3) is 32.3 Å². The van der Waals surface area contributed by atoms with E-state index in [4.69, 9.17) is 14.2 Å². The number of hydrogen-bond acceptors (Lipinski definition) is 15. The number of nitrogens with one attached hydrogen (secondary N) is 1. The van der Waals surface area contributed by atoms with Crippen LogP contribution in [0.5, 0.6) is 23.0 Å². The number of rotatable bonds is 10. The van der Waals surface area contributed by atoms with Crippen molar-refractivity contribution in [2.75, 3.05) is 20.8 Å². The molecule has 0 saturated heterocycles. The van der Waals surface area contributed by atoms with Crippen LogP contribution in [0.1, 0.15) is 5.56 Å². The standard InChI is InChI=1S/C27H22N2O14S3.3Na/c1-41-19-7-13(8-20(42-2)27(19)31)11-28-29-24(30)12-43-18-9-21(44(32,33)34)15-5-6-17-23(46(38,39)40)10-22(45(35,36)37)16-4-3-14(18)25(15)26(16)17;;;/h3-11,31H,12H2,1-2H3,(H,29,30)(H,32,33,34)(H,35,36,37)(H,38,39,40);;;/q;3*+1/p-3/b28-11-;;;. The van der Waals surface area contributed by atoms with Crippen molar-refractivity contribution in [3.05, 3.63) is 54.1 Å². The van der Waals surface area contributed by atoms with Gasteiger partial charge in [0.2, 0.25) is 5.75 Å². The smallest absolute Gasteiger partial charge is 0.744 e. The van der Waals surface area contributed by atoms with Crippen LogP contribution in [0.15, 0.2) is 68.3 Å². The first kappa shape index (κ1) is 43.4. The molecule has 0 heterocycles. The predicted octanol–water partition coefficient (Wildman–Crippen LogP) is -7.44. The second-order valence-corrected chi connectivity index (χ2v) is 13.6. The van der Waals surface area contributed by atoms with E-state index < -0.39 is 57.6 Å². The van der Waals surface area contributed by atoms with Gasteiger partial charge < -0.3 is 33.0 Å². The van der Waals surface area contributed by atoms with E-state index in [9.17, 15) is 48.8 Å². The molecule has 0 unspecified atom stereocenters. The second-order valence-electron chi connectivity index (χ2n) is 9.54. The van der Waals surface area contributed by atoms with Crippen LogP contribution < -0.4 is 108 Å². The van der Waals surface area contributed by atoms with Crippen molar-refractivity contribution < 1.29 is 152 Å². The van der Waals surface area contributed by atoms with Crippen LogP contribution >= 0.6 is 0 Å². The summed E-state index contributed by atoms with van der Waals surface area (Å²) in [4.78, 5) is 9.54. The molecule has 242 valence electrons. The minimum Gasteiger partial charge on any atom is -0.744 e. The van der Waals surface area contributed by atoms with Gasteiger partial charge in [0.25, 0.3) is 5.91 Å². The Morgan fingerprint density at radius 1 is 0.714 bits per heavy atom. The number of nitrogens with zero attached hydrogens (tertiary/aromatic N) is 1. The normalized spacial score (nSPS) is 11.9. The van der Waals surface area contributed by atoms with Gasteiger partial charge in [-0.05, 0) is 30.3 Å². The van der Waals surface area contributed by atoms with Crippen molar-refractivity contribution in [1.82, 2.24) is 5.43 Å². The number of hydrazone groups is 1. The van der Waals surface area contributed by atoms with Gasteiger partial charge >= 0.3 is 88.7 Å². The molecular weight excluding hydrogens is 741 g/mol. The van der Waals surface area contributed by atoms with Crippen molar-refractivity contribution in [2.24, 2.45) is 5.10 Å². The van der Waals surface area contributed by atoms with Gasteiger partial charge in [0, 0.05) is 37.9 Å². The maximum atomic E-state index is 12.5. The average Bonchev–Trinajstić information content (AvgIpc) is 2.97. The van der Waals surface area contributed by atoms with Crippen LogP contribution in [0.2, 0.25) is 0 Å². The van der Waals surface area contributed by atoms with Crippen molar-refractivity contribution in [1.29, 1.82) is 0 Å². The van der Waals surface area contributed by atoms with Crippen molar-refractivity contribution in [3.63, 3.8) is 0 Å². The number of phenolic OH excluding ortho intramolecular Hbond substituents is 1. The summed E-state index contributed by atoms with van der Waals surface area (Å²) in [6, 6.07) is 8.42. The third-order valence-corrected chi connectivity index (χ3v) is 9.45.